The van der Waals surface area contributed by atoms with Crippen LogP contribution in [0.5, 0.6) is 0 Å². The van der Waals surface area contributed by atoms with Gasteiger partial charge in [0.05, 0.1) is 23.7 Å². The molecule has 1 unspecified atom stereocenters. The van der Waals surface area contributed by atoms with E-state index in [1.807, 2.05) is 54.6 Å². The highest BCUT2D eigenvalue weighted by molar-refractivity contribution is 5.81. The van der Waals surface area contributed by atoms with Crippen LogP contribution in [0.2, 0.25) is 0 Å². The fourth-order valence-corrected chi connectivity index (χ4v) is 4.30. The third-order valence-electron chi connectivity index (χ3n) is 5.97. The summed E-state index contributed by atoms with van der Waals surface area (Å²) in [5, 5.41) is 4.38. The number of carbonyl (C=O) groups is 1. The van der Waals surface area contributed by atoms with E-state index in [1.165, 1.54) is 44.3 Å². The Morgan fingerprint density at radius 3 is 2.43 bits per heavy atom. The summed E-state index contributed by atoms with van der Waals surface area (Å²) in [4.78, 5) is 20.1. The number of nitrogens with one attached hydrogen (secondary N) is 1. The van der Waals surface area contributed by atoms with Crippen molar-refractivity contribution in [2.75, 3.05) is 19.6 Å². The fraction of sp³-hybridized carbons (Fsp3) is 0.385. The van der Waals surface area contributed by atoms with Crippen LogP contribution in [0.4, 0.5) is 0 Å². The molecular formula is C26H31N3O. The van der Waals surface area contributed by atoms with Gasteiger partial charge in [0.2, 0.25) is 5.91 Å². The maximum absolute atomic E-state index is 12.9. The molecule has 1 amide bonds. The molecule has 1 atom stereocenters. The monoisotopic (exact) mass is 401 g/mol. The zero-order chi connectivity index (χ0) is 20.6. The number of hydrogen-bond acceptors (Lipinski definition) is 3. The third-order valence-corrected chi connectivity index (χ3v) is 5.97. The molecule has 0 aliphatic carbocycles. The van der Waals surface area contributed by atoms with E-state index >= 15 is 0 Å². The summed E-state index contributed by atoms with van der Waals surface area (Å²) in [7, 11) is 0. The smallest absolute Gasteiger partial charge is 0.226 e. The quantitative estimate of drug-likeness (QED) is 0.612. The molecule has 1 saturated heterocycles. The lowest BCUT2D eigenvalue weighted by Crippen LogP contribution is -2.34. The summed E-state index contributed by atoms with van der Waals surface area (Å²) in [6, 6.07) is 22.4. The molecule has 1 aliphatic heterocycles. The average molecular weight is 402 g/mol. The molecule has 0 saturated carbocycles. The van der Waals surface area contributed by atoms with Crippen molar-refractivity contribution < 1.29 is 4.79 Å². The molecule has 0 radical (unpaired) electrons. The van der Waals surface area contributed by atoms with Gasteiger partial charge in [0.1, 0.15) is 0 Å². The molecule has 0 spiro atoms. The molecule has 30 heavy (non-hydrogen) atoms. The Morgan fingerprint density at radius 1 is 0.900 bits per heavy atom. The molecule has 1 aliphatic rings. The number of amides is 1. The van der Waals surface area contributed by atoms with Gasteiger partial charge in [-0.05, 0) is 50.0 Å². The number of benzene rings is 2. The maximum Gasteiger partial charge on any atom is 0.226 e. The van der Waals surface area contributed by atoms with Crippen molar-refractivity contribution >= 4 is 16.8 Å². The standard InChI is InChI=1S/C26H31N3O/c30-26(20-23-15-14-22-12-6-7-13-24(22)27-23)28-25(21-10-4-3-5-11-21)16-19-29-17-8-1-2-9-18-29/h3-7,10-15,25H,1-2,8-9,16-20H2,(H,28,30). The Balaban J connectivity index is 1.41. The third kappa shape index (κ3) is 5.67. The van der Waals surface area contributed by atoms with Gasteiger partial charge in [-0.3, -0.25) is 9.78 Å². The second-order valence-corrected chi connectivity index (χ2v) is 8.25. The molecule has 1 aromatic heterocycles. The van der Waals surface area contributed by atoms with Crippen LogP contribution < -0.4 is 5.32 Å². The van der Waals surface area contributed by atoms with Gasteiger partial charge in [0.15, 0.2) is 0 Å². The number of aromatic nitrogens is 1. The number of rotatable bonds is 7. The van der Waals surface area contributed by atoms with Crippen molar-refractivity contribution in [2.24, 2.45) is 0 Å². The second kappa shape index (κ2) is 10.4. The number of carbonyl (C=O) groups excluding carboxylic acids is 1. The highest BCUT2D eigenvalue weighted by atomic mass is 16.1. The summed E-state index contributed by atoms with van der Waals surface area (Å²) < 4.78 is 0. The normalized spacial score (nSPS) is 16.1. The highest BCUT2D eigenvalue weighted by Gasteiger charge is 2.17. The number of para-hydroxylation sites is 1. The first kappa shape index (κ1) is 20.5. The molecule has 2 heterocycles. The van der Waals surface area contributed by atoms with E-state index in [0.29, 0.717) is 6.42 Å². The first-order chi connectivity index (χ1) is 14.8. The van der Waals surface area contributed by atoms with Gasteiger partial charge in [0, 0.05) is 11.9 Å². The van der Waals surface area contributed by atoms with Crippen LogP contribution in [0.1, 0.15) is 49.4 Å². The highest BCUT2D eigenvalue weighted by Crippen LogP contribution is 2.19. The fourth-order valence-electron chi connectivity index (χ4n) is 4.30. The van der Waals surface area contributed by atoms with E-state index in [4.69, 9.17) is 0 Å². The van der Waals surface area contributed by atoms with Gasteiger partial charge < -0.3 is 10.2 Å². The molecule has 3 aromatic rings. The lowest BCUT2D eigenvalue weighted by atomic mass is 10.0. The van der Waals surface area contributed by atoms with Crippen LogP contribution in [-0.2, 0) is 11.2 Å². The van der Waals surface area contributed by atoms with E-state index in [1.54, 1.807) is 0 Å². The van der Waals surface area contributed by atoms with Crippen molar-refractivity contribution in [1.29, 1.82) is 0 Å². The van der Waals surface area contributed by atoms with Crippen LogP contribution >= 0.6 is 0 Å². The van der Waals surface area contributed by atoms with Crippen LogP contribution in [0.25, 0.3) is 10.9 Å². The minimum absolute atomic E-state index is 0.0300. The summed E-state index contributed by atoms with van der Waals surface area (Å²) in [5.41, 5.74) is 2.92. The summed E-state index contributed by atoms with van der Waals surface area (Å²) in [5.74, 6) is 0.0301. The summed E-state index contributed by atoms with van der Waals surface area (Å²) in [6.07, 6.45) is 6.49. The Bertz CT molecular complexity index is 949. The Labute approximate surface area is 179 Å². The molecular weight excluding hydrogens is 370 g/mol. The van der Waals surface area contributed by atoms with Gasteiger partial charge in [-0.2, -0.15) is 0 Å². The maximum atomic E-state index is 12.9. The Hall–Kier alpha value is -2.72. The lowest BCUT2D eigenvalue weighted by Gasteiger charge is -2.25. The zero-order valence-corrected chi connectivity index (χ0v) is 17.6. The Morgan fingerprint density at radius 2 is 1.63 bits per heavy atom. The van der Waals surface area contributed by atoms with Gasteiger partial charge in [-0.15, -0.1) is 0 Å². The molecule has 2 aromatic carbocycles. The SMILES string of the molecule is O=C(Cc1ccc2ccccc2n1)NC(CCN1CCCCCC1)c1ccccc1. The van der Waals surface area contributed by atoms with Crippen molar-refractivity contribution in [3.05, 3.63) is 78.0 Å². The first-order valence-electron chi connectivity index (χ1n) is 11.2. The van der Waals surface area contributed by atoms with E-state index in [0.717, 1.165) is 29.6 Å². The second-order valence-electron chi connectivity index (χ2n) is 8.25. The van der Waals surface area contributed by atoms with Crippen LogP contribution in [0.3, 0.4) is 0 Å². The van der Waals surface area contributed by atoms with Gasteiger partial charge in [0.25, 0.3) is 0 Å². The van der Waals surface area contributed by atoms with Crippen molar-refractivity contribution in [2.45, 2.75) is 44.6 Å². The topological polar surface area (TPSA) is 45.2 Å². The van der Waals surface area contributed by atoms with E-state index in [-0.39, 0.29) is 11.9 Å². The Kier molecular flexibility index (Phi) is 7.09. The number of hydrogen-bond donors (Lipinski definition) is 1. The van der Waals surface area contributed by atoms with E-state index in [2.05, 4.69) is 27.3 Å². The van der Waals surface area contributed by atoms with Crippen molar-refractivity contribution in [3.63, 3.8) is 0 Å². The van der Waals surface area contributed by atoms with Crippen molar-refractivity contribution in [3.8, 4) is 0 Å². The van der Waals surface area contributed by atoms with Crippen LogP contribution in [0.15, 0.2) is 66.7 Å². The summed E-state index contributed by atoms with van der Waals surface area (Å²) in [6.45, 7) is 3.38. The first-order valence-corrected chi connectivity index (χ1v) is 11.2. The van der Waals surface area contributed by atoms with Crippen LogP contribution in [-0.4, -0.2) is 35.4 Å². The number of likely N-dealkylation sites (tertiary alicyclic amines) is 1. The molecule has 4 heteroatoms. The number of fused-ring (bicyclic) bond motifs is 1. The van der Waals surface area contributed by atoms with Crippen LogP contribution in [0, 0.1) is 0 Å². The molecule has 0 bridgehead atoms. The zero-order valence-electron chi connectivity index (χ0n) is 17.6. The molecule has 156 valence electrons. The largest absolute Gasteiger partial charge is 0.349 e. The molecule has 1 fully saturated rings. The predicted molar refractivity (Wildman–Crippen MR) is 122 cm³/mol. The van der Waals surface area contributed by atoms with Gasteiger partial charge in [-0.25, -0.2) is 0 Å². The van der Waals surface area contributed by atoms with E-state index in [9.17, 15) is 4.79 Å². The lowest BCUT2D eigenvalue weighted by molar-refractivity contribution is -0.121. The van der Waals surface area contributed by atoms with Crippen molar-refractivity contribution in [1.82, 2.24) is 15.2 Å². The number of pyridine rings is 1. The summed E-state index contributed by atoms with van der Waals surface area (Å²) >= 11 is 0. The average Bonchev–Trinajstić information content (AvgIpc) is 3.06. The minimum atomic E-state index is 0.0300. The van der Waals surface area contributed by atoms with E-state index < -0.39 is 0 Å². The molecule has 4 rings (SSSR count). The minimum Gasteiger partial charge on any atom is -0.349 e. The predicted octanol–water partition coefficient (Wildman–Crippen LogP) is 4.90. The van der Waals surface area contributed by atoms with Gasteiger partial charge in [-0.1, -0.05) is 67.4 Å². The molecule has 4 nitrogen and oxygen atoms in total. The molecule has 1 N–H and O–H groups in total. The van der Waals surface area contributed by atoms with Gasteiger partial charge >= 0.3 is 0 Å². The number of nitrogens with zero attached hydrogens (tertiary/aromatic N) is 2.